The van der Waals surface area contributed by atoms with Gasteiger partial charge in [-0.05, 0) is 19.4 Å². The molecule has 0 radical (unpaired) electrons. The fourth-order valence-corrected chi connectivity index (χ4v) is 2.50. The Balaban J connectivity index is 2.16. The number of nitrogens with two attached hydrogens (primary N) is 1. The van der Waals surface area contributed by atoms with E-state index in [2.05, 4.69) is 15.0 Å². The molecule has 1 aromatic rings. The Kier molecular flexibility index (Phi) is 4.71. The molecule has 0 unspecified atom stereocenters. The van der Waals surface area contributed by atoms with Crippen LogP contribution < -0.4 is 10.6 Å². The highest BCUT2D eigenvalue weighted by molar-refractivity contribution is 5.32. The van der Waals surface area contributed by atoms with Crippen molar-refractivity contribution in [2.24, 2.45) is 0 Å². The smallest absolute Gasteiger partial charge is 0.382 e. The first-order valence-electron chi connectivity index (χ1n) is 6.85. The molecule has 0 saturated carbocycles. The summed E-state index contributed by atoms with van der Waals surface area (Å²) in [6.07, 6.45) is -6.15. The highest BCUT2D eigenvalue weighted by Gasteiger charge is 2.47. The van der Waals surface area contributed by atoms with Crippen molar-refractivity contribution >= 4 is 11.9 Å². The molecule has 10 heteroatoms. The summed E-state index contributed by atoms with van der Waals surface area (Å²) in [6.45, 7) is 0.534. The zero-order valence-electron chi connectivity index (χ0n) is 12.4. The van der Waals surface area contributed by atoms with E-state index < -0.39 is 18.3 Å². The average molecular weight is 320 g/mol. The Morgan fingerprint density at radius 3 is 2.64 bits per heavy atom. The normalized spacial score (nSPS) is 21.1. The van der Waals surface area contributed by atoms with Gasteiger partial charge < -0.3 is 15.7 Å². The highest BCUT2D eigenvalue weighted by Crippen LogP contribution is 2.31. The van der Waals surface area contributed by atoms with Crippen LogP contribution in [0.2, 0.25) is 0 Å². The second-order valence-corrected chi connectivity index (χ2v) is 5.47. The Morgan fingerprint density at radius 2 is 2.05 bits per heavy atom. The van der Waals surface area contributed by atoms with Gasteiger partial charge in [-0.15, -0.1) is 0 Å². The number of aliphatic hydroxyl groups excluding tert-OH is 1. The number of nitrogen functional groups attached to an aromatic ring is 1. The van der Waals surface area contributed by atoms with Gasteiger partial charge in [0.05, 0.1) is 6.54 Å². The lowest BCUT2D eigenvalue weighted by Gasteiger charge is -2.29. The minimum atomic E-state index is -4.64. The Labute approximate surface area is 126 Å². The van der Waals surface area contributed by atoms with E-state index >= 15 is 0 Å². The first kappa shape index (κ1) is 16.7. The summed E-state index contributed by atoms with van der Waals surface area (Å²) >= 11 is 0. The maximum atomic E-state index is 12.7. The molecule has 0 aromatic carbocycles. The van der Waals surface area contributed by atoms with Gasteiger partial charge in [0.1, 0.15) is 5.82 Å². The number of hydrogen-bond donors (Lipinski definition) is 2. The van der Waals surface area contributed by atoms with E-state index in [-0.39, 0.29) is 24.7 Å². The van der Waals surface area contributed by atoms with Crippen LogP contribution in [0.5, 0.6) is 0 Å². The molecule has 0 spiro atoms. The van der Waals surface area contributed by atoms with Gasteiger partial charge in [-0.3, -0.25) is 4.90 Å². The second-order valence-electron chi connectivity index (χ2n) is 5.47. The van der Waals surface area contributed by atoms with Crippen molar-refractivity contribution in [1.82, 2.24) is 19.9 Å². The van der Waals surface area contributed by atoms with Crippen molar-refractivity contribution in [1.29, 1.82) is 0 Å². The van der Waals surface area contributed by atoms with Crippen molar-refractivity contribution in [3.8, 4) is 0 Å². The molecule has 2 heterocycles. The number of halogens is 3. The Bertz CT molecular complexity index is 524. The number of anilines is 2. The molecule has 2 rings (SSSR count). The van der Waals surface area contributed by atoms with Crippen molar-refractivity contribution in [2.45, 2.75) is 37.7 Å². The Hall–Kier alpha value is -1.68. The number of likely N-dealkylation sites (tertiary alicyclic amines) is 1. The monoisotopic (exact) mass is 320 g/mol. The van der Waals surface area contributed by atoms with E-state index in [0.29, 0.717) is 18.9 Å². The molecule has 1 aromatic heterocycles. The minimum Gasteiger partial charge on any atom is -0.382 e. The molecule has 0 aliphatic carbocycles. The number of alkyl halides is 3. The topological polar surface area (TPSA) is 91.4 Å². The average Bonchev–Trinajstić information content (AvgIpc) is 2.83. The lowest BCUT2D eigenvalue weighted by Crippen LogP contribution is -2.46. The molecular weight excluding hydrogens is 301 g/mol. The fourth-order valence-electron chi connectivity index (χ4n) is 2.50. The Morgan fingerprint density at radius 1 is 1.36 bits per heavy atom. The van der Waals surface area contributed by atoms with Gasteiger partial charge in [-0.1, -0.05) is 0 Å². The second kappa shape index (κ2) is 6.21. The molecule has 1 aliphatic heterocycles. The number of nitrogens with zero attached hydrogens (tertiary/aromatic N) is 5. The third-order valence-corrected chi connectivity index (χ3v) is 3.55. The van der Waals surface area contributed by atoms with Gasteiger partial charge in [0.2, 0.25) is 11.9 Å². The predicted octanol–water partition coefficient (Wildman–Crippen LogP) is 0.407. The van der Waals surface area contributed by atoms with Crippen LogP contribution in [0.3, 0.4) is 0 Å². The third kappa shape index (κ3) is 3.74. The number of rotatable bonds is 4. The van der Waals surface area contributed by atoms with Crippen LogP contribution in [0.25, 0.3) is 0 Å². The summed E-state index contributed by atoms with van der Waals surface area (Å²) < 4.78 is 38.1. The zero-order chi connectivity index (χ0) is 16.5. The largest absolute Gasteiger partial charge is 0.415 e. The predicted molar refractivity (Wildman–Crippen MR) is 74.1 cm³/mol. The molecule has 3 N–H and O–H groups in total. The van der Waals surface area contributed by atoms with Gasteiger partial charge in [0.25, 0.3) is 0 Å². The third-order valence-electron chi connectivity index (χ3n) is 3.55. The number of aromatic nitrogens is 3. The van der Waals surface area contributed by atoms with E-state index in [1.54, 1.807) is 19.0 Å². The van der Waals surface area contributed by atoms with E-state index in [1.165, 1.54) is 4.90 Å². The van der Waals surface area contributed by atoms with Crippen LogP contribution >= 0.6 is 0 Å². The molecule has 0 bridgehead atoms. The SMILES string of the molecule is CN(C)c1nc(N)nc(CN2CCC[C@H]2[C@@H](O)C(F)(F)F)n1. The van der Waals surface area contributed by atoms with E-state index in [4.69, 9.17) is 5.73 Å². The summed E-state index contributed by atoms with van der Waals surface area (Å²) in [4.78, 5) is 15.2. The first-order chi connectivity index (χ1) is 10.2. The molecule has 2 atom stereocenters. The molecule has 124 valence electrons. The van der Waals surface area contributed by atoms with Crippen molar-refractivity contribution in [2.75, 3.05) is 31.3 Å². The summed E-state index contributed by atoms with van der Waals surface area (Å²) in [7, 11) is 3.45. The van der Waals surface area contributed by atoms with Crippen LogP contribution in [0.15, 0.2) is 0 Å². The van der Waals surface area contributed by atoms with Gasteiger partial charge in [-0.25, -0.2) is 0 Å². The van der Waals surface area contributed by atoms with Crippen molar-refractivity contribution in [3.63, 3.8) is 0 Å². The van der Waals surface area contributed by atoms with Crippen molar-refractivity contribution < 1.29 is 18.3 Å². The number of aliphatic hydroxyl groups is 1. The van der Waals surface area contributed by atoms with Gasteiger partial charge in [0.15, 0.2) is 6.10 Å². The van der Waals surface area contributed by atoms with E-state index in [0.717, 1.165) is 0 Å². The van der Waals surface area contributed by atoms with E-state index in [1.807, 2.05) is 0 Å². The van der Waals surface area contributed by atoms with Crippen LogP contribution in [0, 0.1) is 0 Å². The lowest BCUT2D eigenvalue weighted by molar-refractivity contribution is -0.219. The van der Waals surface area contributed by atoms with E-state index in [9.17, 15) is 18.3 Å². The molecule has 1 fully saturated rings. The van der Waals surface area contributed by atoms with Crippen LogP contribution in [-0.2, 0) is 6.54 Å². The summed E-state index contributed by atoms with van der Waals surface area (Å²) in [5, 5.41) is 9.48. The molecule has 7 nitrogen and oxygen atoms in total. The number of hydrogen-bond acceptors (Lipinski definition) is 7. The quantitative estimate of drug-likeness (QED) is 0.830. The standard InChI is InChI=1S/C12H19F3N6O/c1-20(2)11-18-8(17-10(16)19-11)6-21-5-3-4-7(21)9(22)12(13,14)15/h7,9,22H,3-6H2,1-2H3,(H2,16,17,18,19)/t7-,9+/m0/s1. The molecule has 1 saturated heterocycles. The maximum absolute atomic E-state index is 12.7. The van der Waals surface area contributed by atoms with Crippen LogP contribution in [0.4, 0.5) is 25.1 Å². The maximum Gasteiger partial charge on any atom is 0.415 e. The van der Waals surface area contributed by atoms with Gasteiger partial charge in [0, 0.05) is 20.1 Å². The molecule has 0 amide bonds. The zero-order valence-corrected chi connectivity index (χ0v) is 12.4. The summed E-state index contributed by atoms with van der Waals surface area (Å²) in [5.41, 5.74) is 5.60. The molecule has 1 aliphatic rings. The van der Waals surface area contributed by atoms with Crippen LogP contribution in [0.1, 0.15) is 18.7 Å². The molecule has 22 heavy (non-hydrogen) atoms. The van der Waals surface area contributed by atoms with Gasteiger partial charge in [-0.2, -0.15) is 28.1 Å². The minimum absolute atomic E-state index is 0.0146. The fraction of sp³-hybridized carbons (Fsp3) is 0.750. The highest BCUT2D eigenvalue weighted by atomic mass is 19.4. The summed E-state index contributed by atoms with van der Waals surface area (Å²) in [5.74, 6) is 0.646. The lowest BCUT2D eigenvalue weighted by atomic mass is 10.1. The first-order valence-corrected chi connectivity index (χ1v) is 6.85. The van der Waals surface area contributed by atoms with Gasteiger partial charge >= 0.3 is 6.18 Å². The van der Waals surface area contributed by atoms with Crippen LogP contribution in [-0.4, -0.2) is 63.9 Å². The van der Waals surface area contributed by atoms with Crippen molar-refractivity contribution in [3.05, 3.63) is 5.82 Å². The summed E-state index contributed by atoms with van der Waals surface area (Å²) in [6, 6.07) is -0.985. The molecular formula is C12H19F3N6O.